The molecule has 0 aromatic heterocycles. The third-order valence-electron chi connectivity index (χ3n) is 5.00. The van der Waals surface area contributed by atoms with E-state index in [4.69, 9.17) is 5.26 Å². The number of carbonyl (C=O) groups excluding carboxylic acids is 1. The summed E-state index contributed by atoms with van der Waals surface area (Å²) in [6, 6.07) is 9.51. The Morgan fingerprint density at radius 1 is 1.38 bits per heavy atom. The first-order valence-electron chi connectivity index (χ1n) is 7.66. The third kappa shape index (κ3) is 2.79. The summed E-state index contributed by atoms with van der Waals surface area (Å²) in [5.41, 5.74) is 1.97. The highest BCUT2D eigenvalue weighted by Crippen LogP contribution is 2.58. The van der Waals surface area contributed by atoms with Crippen molar-refractivity contribution in [3.05, 3.63) is 35.4 Å². The van der Waals surface area contributed by atoms with Crippen LogP contribution in [0.15, 0.2) is 24.3 Å². The Kier molecular flexibility index (Phi) is 3.69. The van der Waals surface area contributed by atoms with Gasteiger partial charge in [-0.1, -0.05) is 12.1 Å². The molecule has 2 unspecified atom stereocenters. The zero-order chi connectivity index (χ0) is 14.9. The van der Waals surface area contributed by atoms with E-state index in [1.807, 2.05) is 19.1 Å². The minimum Gasteiger partial charge on any atom is -0.349 e. The highest BCUT2D eigenvalue weighted by Gasteiger charge is 2.57. The Morgan fingerprint density at radius 3 is 2.67 bits per heavy atom. The summed E-state index contributed by atoms with van der Waals surface area (Å²) in [4.78, 5) is 12.4. The maximum absolute atomic E-state index is 12.4. The van der Waals surface area contributed by atoms with Gasteiger partial charge in [0.15, 0.2) is 0 Å². The van der Waals surface area contributed by atoms with Crippen LogP contribution >= 0.6 is 0 Å². The molecule has 1 heterocycles. The van der Waals surface area contributed by atoms with Gasteiger partial charge in [0.25, 0.3) is 0 Å². The molecule has 1 aromatic carbocycles. The van der Waals surface area contributed by atoms with E-state index in [0.29, 0.717) is 5.56 Å². The number of carbonyl (C=O) groups is 1. The average molecular weight is 283 g/mol. The monoisotopic (exact) mass is 283 g/mol. The van der Waals surface area contributed by atoms with Gasteiger partial charge in [-0.3, -0.25) is 4.79 Å². The largest absolute Gasteiger partial charge is 0.349 e. The van der Waals surface area contributed by atoms with Crippen LogP contribution in [-0.2, 0) is 4.79 Å². The summed E-state index contributed by atoms with van der Waals surface area (Å²) in [5.74, 6) is 0.384. The normalized spacial score (nSPS) is 24.1. The molecule has 0 radical (unpaired) electrons. The highest BCUT2D eigenvalue weighted by atomic mass is 16.2. The predicted molar refractivity (Wildman–Crippen MR) is 80.4 cm³/mol. The molecule has 2 fully saturated rings. The molecule has 1 spiro atoms. The molecule has 110 valence electrons. The number of nitrogens with one attached hydrogen (secondary N) is 2. The zero-order valence-corrected chi connectivity index (χ0v) is 12.4. The molecule has 1 aromatic rings. The first kappa shape index (κ1) is 14.1. The van der Waals surface area contributed by atoms with E-state index in [1.165, 1.54) is 0 Å². The highest BCUT2D eigenvalue weighted by molar-refractivity contribution is 5.83. The van der Waals surface area contributed by atoms with E-state index >= 15 is 0 Å². The summed E-state index contributed by atoms with van der Waals surface area (Å²) in [5, 5.41) is 15.3. The smallest absolute Gasteiger partial charge is 0.224 e. The van der Waals surface area contributed by atoms with E-state index in [-0.39, 0.29) is 23.3 Å². The summed E-state index contributed by atoms with van der Waals surface area (Å²) < 4.78 is 0. The molecule has 3 rings (SSSR count). The molecule has 1 amide bonds. The first-order chi connectivity index (χ1) is 10.1. The fraction of sp³-hybridized carbons (Fsp3) is 0.529. The number of piperidine rings is 1. The standard InChI is InChI=1S/C17H21N3O/c1-12(14-4-2-13(11-18)3-5-14)20-16(21)15-10-17(15)6-8-19-9-7-17/h2-5,12,15,19H,6-10H2,1H3,(H,20,21). The summed E-state index contributed by atoms with van der Waals surface area (Å²) in [7, 11) is 0. The van der Waals surface area contributed by atoms with Gasteiger partial charge in [0, 0.05) is 5.92 Å². The van der Waals surface area contributed by atoms with Crippen molar-refractivity contribution in [2.24, 2.45) is 11.3 Å². The lowest BCUT2D eigenvalue weighted by molar-refractivity contribution is -0.123. The number of hydrogen-bond acceptors (Lipinski definition) is 3. The third-order valence-corrected chi connectivity index (χ3v) is 5.00. The van der Waals surface area contributed by atoms with Crippen molar-refractivity contribution >= 4 is 5.91 Å². The van der Waals surface area contributed by atoms with Crippen LogP contribution in [0.25, 0.3) is 0 Å². The fourth-order valence-corrected chi connectivity index (χ4v) is 3.44. The van der Waals surface area contributed by atoms with Gasteiger partial charge >= 0.3 is 0 Å². The van der Waals surface area contributed by atoms with Gasteiger partial charge in [0.05, 0.1) is 17.7 Å². The average Bonchev–Trinajstić information content (AvgIpc) is 3.21. The number of amides is 1. The molecule has 2 atom stereocenters. The second-order valence-corrected chi connectivity index (χ2v) is 6.33. The minimum atomic E-state index is -0.00962. The van der Waals surface area contributed by atoms with E-state index < -0.39 is 0 Å². The molecular weight excluding hydrogens is 262 g/mol. The van der Waals surface area contributed by atoms with Crippen molar-refractivity contribution in [1.82, 2.24) is 10.6 Å². The van der Waals surface area contributed by atoms with Gasteiger partial charge in [-0.05, 0) is 62.4 Å². The Morgan fingerprint density at radius 2 is 2.05 bits per heavy atom. The molecule has 2 aliphatic rings. The van der Waals surface area contributed by atoms with Crippen molar-refractivity contribution in [2.45, 2.75) is 32.2 Å². The fourth-order valence-electron chi connectivity index (χ4n) is 3.44. The molecular formula is C17H21N3O. The van der Waals surface area contributed by atoms with E-state index in [1.54, 1.807) is 12.1 Å². The Balaban J connectivity index is 1.58. The van der Waals surface area contributed by atoms with Crippen LogP contribution in [0.5, 0.6) is 0 Å². The molecule has 1 aliphatic heterocycles. The number of nitriles is 1. The van der Waals surface area contributed by atoms with Crippen LogP contribution in [0.2, 0.25) is 0 Å². The van der Waals surface area contributed by atoms with Crippen molar-refractivity contribution in [2.75, 3.05) is 13.1 Å². The zero-order valence-electron chi connectivity index (χ0n) is 12.4. The molecule has 1 saturated carbocycles. The van der Waals surface area contributed by atoms with E-state index in [9.17, 15) is 4.79 Å². The lowest BCUT2D eigenvalue weighted by Gasteiger charge is -2.23. The van der Waals surface area contributed by atoms with Gasteiger partial charge in [0.2, 0.25) is 5.91 Å². The van der Waals surface area contributed by atoms with Crippen molar-refractivity contribution in [3.8, 4) is 6.07 Å². The van der Waals surface area contributed by atoms with Crippen LogP contribution in [0.3, 0.4) is 0 Å². The second-order valence-electron chi connectivity index (χ2n) is 6.33. The summed E-state index contributed by atoms with van der Waals surface area (Å²) in [6.45, 7) is 4.07. The summed E-state index contributed by atoms with van der Waals surface area (Å²) >= 11 is 0. The lowest BCUT2D eigenvalue weighted by atomic mass is 9.91. The number of hydrogen-bond donors (Lipinski definition) is 2. The van der Waals surface area contributed by atoms with Crippen molar-refractivity contribution in [1.29, 1.82) is 5.26 Å². The Bertz CT molecular complexity index is 567. The Labute approximate surface area is 125 Å². The Hall–Kier alpha value is -1.86. The topological polar surface area (TPSA) is 64.9 Å². The quantitative estimate of drug-likeness (QED) is 0.893. The van der Waals surface area contributed by atoms with Gasteiger partial charge < -0.3 is 10.6 Å². The molecule has 4 heteroatoms. The first-order valence-corrected chi connectivity index (χ1v) is 7.66. The predicted octanol–water partition coefficient (Wildman–Crippen LogP) is 2.13. The minimum absolute atomic E-state index is 0.00962. The van der Waals surface area contributed by atoms with Gasteiger partial charge in [0.1, 0.15) is 0 Å². The van der Waals surface area contributed by atoms with Crippen LogP contribution in [-0.4, -0.2) is 19.0 Å². The summed E-state index contributed by atoms with van der Waals surface area (Å²) in [6.07, 6.45) is 3.28. The van der Waals surface area contributed by atoms with Gasteiger partial charge in [-0.15, -0.1) is 0 Å². The maximum atomic E-state index is 12.4. The van der Waals surface area contributed by atoms with Crippen molar-refractivity contribution in [3.63, 3.8) is 0 Å². The number of rotatable bonds is 3. The number of nitrogens with zero attached hydrogens (tertiary/aromatic N) is 1. The second kappa shape index (κ2) is 5.50. The van der Waals surface area contributed by atoms with Crippen LogP contribution in [0.4, 0.5) is 0 Å². The van der Waals surface area contributed by atoms with Gasteiger partial charge in [-0.2, -0.15) is 5.26 Å². The molecule has 4 nitrogen and oxygen atoms in total. The molecule has 1 saturated heterocycles. The van der Waals surface area contributed by atoms with Crippen LogP contribution < -0.4 is 10.6 Å². The number of benzene rings is 1. The lowest BCUT2D eigenvalue weighted by Crippen LogP contribution is -2.34. The molecule has 21 heavy (non-hydrogen) atoms. The van der Waals surface area contributed by atoms with Crippen molar-refractivity contribution < 1.29 is 4.79 Å². The van der Waals surface area contributed by atoms with E-state index in [0.717, 1.165) is 37.9 Å². The van der Waals surface area contributed by atoms with Crippen LogP contribution in [0.1, 0.15) is 43.4 Å². The van der Waals surface area contributed by atoms with Gasteiger partial charge in [-0.25, -0.2) is 0 Å². The molecule has 2 N–H and O–H groups in total. The molecule has 0 bridgehead atoms. The maximum Gasteiger partial charge on any atom is 0.224 e. The molecule has 1 aliphatic carbocycles. The SMILES string of the molecule is CC(NC(=O)C1CC12CCNCC2)c1ccc(C#N)cc1. The van der Waals surface area contributed by atoms with E-state index in [2.05, 4.69) is 16.7 Å². The van der Waals surface area contributed by atoms with Crippen LogP contribution in [0, 0.1) is 22.7 Å².